The number of ether oxygens (including phenoxy) is 1. The average Bonchev–Trinajstić information content (AvgIpc) is 1.98. The second-order valence-corrected chi connectivity index (χ2v) is 5.95. The molecular formula is C12H26N2O. The van der Waals surface area contributed by atoms with Crippen LogP contribution in [-0.4, -0.2) is 41.8 Å². The Morgan fingerprint density at radius 3 is 2.07 bits per heavy atom. The molecule has 1 fully saturated rings. The van der Waals surface area contributed by atoms with E-state index in [9.17, 15) is 0 Å². The van der Waals surface area contributed by atoms with Gasteiger partial charge in [-0.25, -0.2) is 0 Å². The van der Waals surface area contributed by atoms with Crippen molar-refractivity contribution in [2.24, 2.45) is 5.73 Å². The van der Waals surface area contributed by atoms with Gasteiger partial charge in [0.15, 0.2) is 0 Å². The highest BCUT2D eigenvalue weighted by Crippen LogP contribution is 2.29. The molecule has 1 heterocycles. The summed E-state index contributed by atoms with van der Waals surface area (Å²) in [7, 11) is 0. The van der Waals surface area contributed by atoms with Crippen LogP contribution in [0.2, 0.25) is 0 Å². The Kier molecular flexibility index (Phi) is 3.80. The maximum absolute atomic E-state index is 6.05. The molecule has 15 heavy (non-hydrogen) atoms. The Balaban J connectivity index is 2.66. The van der Waals surface area contributed by atoms with Gasteiger partial charge in [-0.05, 0) is 47.6 Å². The van der Waals surface area contributed by atoms with Gasteiger partial charge >= 0.3 is 0 Å². The van der Waals surface area contributed by atoms with E-state index in [0.29, 0.717) is 6.04 Å². The molecule has 0 spiro atoms. The third-order valence-electron chi connectivity index (χ3n) is 2.93. The van der Waals surface area contributed by atoms with Crippen LogP contribution >= 0.6 is 0 Å². The Labute approximate surface area is 94.0 Å². The van der Waals surface area contributed by atoms with E-state index in [1.807, 2.05) is 0 Å². The highest BCUT2D eigenvalue weighted by molar-refractivity contribution is 4.90. The van der Waals surface area contributed by atoms with Crippen LogP contribution in [0.25, 0.3) is 0 Å². The van der Waals surface area contributed by atoms with Crippen LogP contribution in [0, 0.1) is 0 Å². The summed E-state index contributed by atoms with van der Waals surface area (Å²) in [6, 6.07) is 0.553. The number of nitrogens with two attached hydrogens (primary N) is 1. The molecule has 1 atom stereocenters. The zero-order valence-corrected chi connectivity index (χ0v) is 10.8. The van der Waals surface area contributed by atoms with Gasteiger partial charge in [0, 0.05) is 19.1 Å². The Hall–Kier alpha value is -0.120. The van der Waals surface area contributed by atoms with E-state index >= 15 is 0 Å². The van der Waals surface area contributed by atoms with E-state index in [2.05, 4.69) is 39.5 Å². The Morgan fingerprint density at radius 1 is 1.20 bits per heavy atom. The standard InChI is InChI=1S/C12H26N2O/c1-10(6-7-13)14-8-11(2,3)15-12(4,5)9-14/h10H,6-9,13H2,1-5H3. The molecule has 1 aliphatic heterocycles. The molecule has 1 rings (SSSR count). The SMILES string of the molecule is CC(CCN)N1CC(C)(C)OC(C)(C)C1. The van der Waals surface area contributed by atoms with Gasteiger partial charge in [-0.15, -0.1) is 0 Å². The first-order valence-corrected chi connectivity index (χ1v) is 5.90. The molecule has 0 amide bonds. The normalized spacial score (nSPS) is 27.6. The molecule has 90 valence electrons. The topological polar surface area (TPSA) is 38.5 Å². The molecule has 0 aromatic heterocycles. The molecule has 2 N–H and O–H groups in total. The van der Waals surface area contributed by atoms with E-state index in [1.165, 1.54) is 0 Å². The lowest BCUT2D eigenvalue weighted by atomic mass is 9.97. The second-order valence-electron chi connectivity index (χ2n) is 5.95. The zero-order chi connectivity index (χ0) is 11.7. The minimum absolute atomic E-state index is 0.0510. The van der Waals surface area contributed by atoms with Gasteiger partial charge in [-0.1, -0.05) is 0 Å². The van der Waals surface area contributed by atoms with Crippen LogP contribution < -0.4 is 5.73 Å². The number of rotatable bonds is 3. The average molecular weight is 214 g/mol. The van der Waals surface area contributed by atoms with Crippen molar-refractivity contribution in [1.29, 1.82) is 0 Å². The molecule has 0 radical (unpaired) electrons. The lowest BCUT2D eigenvalue weighted by Gasteiger charge is -2.49. The highest BCUT2D eigenvalue weighted by Gasteiger charge is 2.39. The summed E-state index contributed by atoms with van der Waals surface area (Å²) in [4.78, 5) is 2.50. The first-order chi connectivity index (χ1) is 6.76. The fourth-order valence-electron chi connectivity index (χ4n) is 2.58. The van der Waals surface area contributed by atoms with Gasteiger partial charge in [-0.2, -0.15) is 0 Å². The van der Waals surface area contributed by atoms with E-state index in [0.717, 1.165) is 26.1 Å². The first kappa shape index (κ1) is 12.9. The molecule has 0 aromatic carbocycles. The molecule has 1 aliphatic rings. The quantitative estimate of drug-likeness (QED) is 0.776. The van der Waals surface area contributed by atoms with Crippen molar-refractivity contribution in [2.75, 3.05) is 19.6 Å². The van der Waals surface area contributed by atoms with Crippen molar-refractivity contribution in [1.82, 2.24) is 4.90 Å². The summed E-state index contributed by atoms with van der Waals surface area (Å²) in [5.41, 5.74) is 5.51. The van der Waals surface area contributed by atoms with Crippen molar-refractivity contribution in [3.63, 3.8) is 0 Å². The maximum Gasteiger partial charge on any atom is 0.0760 e. The van der Waals surface area contributed by atoms with E-state index < -0.39 is 0 Å². The molecule has 0 saturated carbocycles. The minimum atomic E-state index is -0.0510. The van der Waals surface area contributed by atoms with Crippen molar-refractivity contribution in [2.45, 2.75) is 58.3 Å². The molecule has 0 aliphatic carbocycles. The fraction of sp³-hybridized carbons (Fsp3) is 1.00. The maximum atomic E-state index is 6.05. The number of nitrogens with zero attached hydrogens (tertiary/aromatic N) is 1. The summed E-state index contributed by atoms with van der Waals surface area (Å²) >= 11 is 0. The number of morpholine rings is 1. The summed E-state index contributed by atoms with van der Waals surface area (Å²) in [5.74, 6) is 0. The van der Waals surface area contributed by atoms with Gasteiger partial charge in [0.05, 0.1) is 11.2 Å². The Morgan fingerprint density at radius 2 is 1.67 bits per heavy atom. The molecule has 3 nitrogen and oxygen atoms in total. The molecule has 1 unspecified atom stereocenters. The third-order valence-corrected chi connectivity index (χ3v) is 2.93. The number of hydrogen-bond donors (Lipinski definition) is 1. The van der Waals surface area contributed by atoms with Crippen LogP contribution in [0.15, 0.2) is 0 Å². The summed E-state index contributed by atoms with van der Waals surface area (Å²) < 4.78 is 6.05. The number of hydrogen-bond acceptors (Lipinski definition) is 3. The van der Waals surface area contributed by atoms with Crippen LogP contribution in [0.3, 0.4) is 0 Å². The fourth-order valence-corrected chi connectivity index (χ4v) is 2.58. The third kappa shape index (κ3) is 3.74. The monoisotopic (exact) mass is 214 g/mol. The van der Waals surface area contributed by atoms with E-state index in [-0.39, 0.29) is 11.2 Å². The summed E-state index contributed by atoms with van der Waals surface area (Å²) in [6.07, 6.45) is 1.06. The molecule has 3 heteroatoms. The molecule has 0 bridgehead atoms. The van der Waals surface area contributed by atoms with E-state index in [4.69, 9.17) is 10.5 Å². The predicted octanol–water partition coefficient (Wildman–Crippen LogP) is 1.61. The lowest BCUT2D eigenvalue weighted by molar-refractivity contribution is -0.186. The van der Waals surface area contributed by atoms with Gasteiger partial charge < -0.3 is 10.5 Å². The smallest absolute Gasteiger partial charge is 0.0760 e. The van der Waals surface area contributed by atoms with Crippen molar-refractivity contribution >= 4 is 0 Å². The molecule has 0 aromatic rings. The van der Waals surface area contributed by atoms with Gasteiger partial charge in [0.2, 0.25) is 0 Å². The van der Waals surface area contributed by atoms with Crippen molar-refractivity contribution in [3.8, 4) is 0 Å². The molecule has 1 saturated heterocycles. The van der Waals surface area contributed by atoms with E-state index in [1.54, 1.807) is 0 Å². The van der Waals surface area contributed by atoms with Gasteiger partial charge in [-0.3, -0.25) is 4.90 Å². The predicted molar refractivity (Wildman–Crippen MR) is 63.9 cm³/mol. The highest BCUT2D eigenvalue weighted by atomic mass is 16.5. The van der Waals surface area contributed by atoms with Crippen LogP contribution in [0.5, 0.6) is 0 Å². The Bertz CT molecular complexity index is 198. The van der Waals surface area contributed by atoms with Crippen molar-refractivity contribution in [3.05, 3.63) is 0 Å². The van der Waals surface area contributed by atoms with Crippen LogP contribution in [-0.2, 0) is 4.74 Å². The summed E-state index contributed by atoms with van der Waals surface area (Å²) in [5, 5.41) is 0. The van der Waals surface area contributed by atoms with Crippen LogP contribution in [0.1, 0.15) is 41.0 Å². The summed E-state index contributed by atoms with van der Waals surface area (Å²) in [6.45, 7) is 13.7. The van der Waals surface area contributed by atoms with Crippen LogP contribution in [0.4, 0.5) is 0 Å². The second kappa shape index (κ2) is 4.40. The minimum Gasteiger partial charge on any atom is -0.367 e. The largest absolute Gasteiger partial charge is 0.367 e. The van der Waals surface area contributed by atoms with Gasteiger partial charge in [0.25, 0.3) is 0 Å². The van der Waals surface area contributed by atoms with Gasteiger partial charge in [0.1, 0.15) is 0 Å². The zero-order valence-electron chi connectivity index (χ0n) is 10.8. The van der Waals surface area contributed by atoms with Crippen molar-refractivity contribution < 1.29 is 4.74 Å². The molecular weight excluding hydrogens is 188 g/mol. The first-order valence-electron chi connectivity index (χ1n) is 5.90. The lowest BCUT2D eigenvalue weighted by Crippen LogP contribution is -2.59.